The van der Waals surface area contributed by atoms with Crippen LogP contribution < -0.4 is 4.90 Å². The van der Waals surface area contributed by atoms with E-state index in [4.69, 9.17) is 0 Å². The van der Waals surface area contributed by atoms with Gasteiger partial charge in [0.2, 0.25) is 0 Å². The molecule has 0 aliphatic carbocycles. The molecule has 0 bridgehead atoms. The fourth-order valence-electron chi connectivity index (χ4n) is 4.01. The maximum atomic E-state index is 13.3. The number of benzene rings is 3. The summed E-state index contributed by atoms with van der Waals surface area (Å²) in [6.07, 6.45) is 0. The number of aryl methyl sites for hydroxylation is 2. The zero-order valence-electron chi connectivity index (χ0n) is 17.9. The number of aliphatic hydroxyl groups excluding tert-OH is 1. The highest BCUT2D eigenvalue weighted by molar-refractivity contribution is 9.10. The normalized spacial score (nSPS) is 17.8. The van der Waals surface area contributed by atoms with Crippen LogP contribution in [0.25, 0.3) is 16.0 Å². The zero-order valence-corrected chi connectivity index (χ0v) is 20.3. The maximum absolute atomic E-state index is 13.3. The first-order chi connectivity index (χ1) is 15.8. The minimum atomic E-state index is -0.800. The van der Waals surface area contributed by atoms with Crippen LogP contribution in [0.1, 0.15) is 28.3 Å². The van der Waals surface area contributed by atoms with Crippen molar-refractivity contribution in [2.24, 2.45) is 0 Å². The van der Waals surface area contributed by atoms with E-state index in [9.17, 15) is 14.7 Å². The van der Waals surface area contributed by atoms with Crippen LogP contribution in [0.4, 0.5) is 5.13 Å². The molecular weight excluding hydrogens is 500 g/mol. The van der Waals surface area contributed by atoms with Crippen molar-refractivity contribution in [2.45, 2.75) is 19.9 Å². The molecule has 0 saturated carbocycles. The molecule has 1 aliphatic heterocycles. The topological polar surface area (TPSA) is 70.5 Å². The lowest BCUT2D eigenvalue weighted by atomic mass is 9.95. The average molecular weight is 519 g/mol. The molecule has 1 atom stereocenters. The van der Waals surface area contributed by atoms with E-state index >= 15 is 0 Å². The summed E-state index contributed by atoms with van der Waals surface area (Å²) in [6.45, 7) is 3.94. The number of aromatic nitrogens is 1. The van der Waals surface area contributed by atoms with Gasteiger partial charge in [-0.15, -0.1) is 0 Å². The molecule has 4 aromatic rings. The Hall–Kier alpha value is -3.29. The maximum Gasteiger partial charge on any atom is 0.301 e. The number of amides is 1. The molecule has 164 valence electrons. The summed E-state index contributed by atoms with van der Waals surface area (Å²) in [7, 11) is 0. The molecule has 2 heterocycles. The van der Waals surface area contributed by atoms with Gasteiger partial charge in [0.1, 0.15) is 5.76 Å². The number of Topliss-reactive ketones (excluding diaryl/α,β-unsaturated/α-hetero) is 1. The first kappa shape index (κ1) is 21.6. The molecule has 7 heteroatoms. The molecule has 1 aromatic heterocycles. The Kier molecular flexibility index (Phi) is 5.38. The van der Waals surface area contributed by atoms with E-state index in [0.717, 1.165) is 25.8 Å². The Morgan fingerprint density at radius 3 is 2.45 bits per heavy atom. The number of halogens is 1. The molecule has 5 rings (SSSR count). The lowest BCUT2D eigenvalue weighted by Crippen LogP contribution is -2.29. The number of hydrogen-bond acceptors (Lipinski definition) is 5. The number of nitrogens with zero attached hydrogens (tertiary/aromatic N) is 2. The van der Waals surface area contributed by atoms with Crippen molar-refractivity contribution < 1.29 is 14.7 Å². The average Bonchev–Trinajstić information content (AvgIpc) is 3.32. The van der Waals surface area contributed by atoms with Crippen LogP contribution in [-0.4, -0.2) is 21.8 Å². The van der Waals surface area contributed by atoms with Crippen molar-refractivity contribution in [3.05, 3.63) is 99.0 Å². The second kappa shape index (κ2) is 8.24. The molecular formula is C26H19BrN2O3S. The summed E-state index contributed by atoms with van der Waals surface area (Å²) in [5, 5.41) is 11.6. The number of anilines is 1. The van der Waals surface area contributed by atoms with Gasteiger partial charge in [0.15, 0.2) is 5.13 Å². The van der Waals surface area contributed by atoms with E-state index in [1.807, 2.05) is 68.4 Å². The Morgan fingerprint density at radius 2 is 1.73 bits per heavy atom. The molecule has 33 heavy (non-hydrogen) atoms. The van der Waals surface area contributed by atoms with Crippen molar-refractivity contribution in [2.75, 3.05) is 4.90 Å². The third-order valence-electron chi connectivity index (χ3n) is 5.67. The van der Waals surface area contributed by atoms with Gasteiger partial charge in [-0.3, -0.25) is 14.5 Å². The first-order valence-electron chi connectivity index (χ1n) is 10.3. The first-order valence-corrected chi connectivity index (χ1v) is 11.9. The summed E-state index contributed by atoms with van der Waals surface area (Å²) in [4.78, 5) is 32.6. The molecule has 0 spiro atoms. The highest BCUT2D eigenvalue weighted by Crippen LogP contribution is 2.44. The van der Waals surface area contributed by atoms with Crippen LogP contribution >= 0.6 is 27.3 Å². The minimum Gasteiger partial charge on any atom is -0.507 e. The van der Waals surface area contributed by atoms with E-state index in [0.29, 0.717) is 16.3 Å². The zero-order chi connectivity index (χ0) is 23.3. The number of carbonyl (C=O) groups is 2. The second-order valence-corrected chi connectivity index (χ2v) is 9.98. The van der Waals surface area contributed by atoms with Crippen LogP contribution in [-0.2, 0) is 9.59 Å². The van der Waals surface area contributed by atoms with Crippen molar-refractivity contribution in [1.29, 1.82) is 0 Å². The van der Waals surface area contributed by atoms with E-state index in [-0.39, 0.29) is 11.3 Å². The van der Waals surface area contributed by atoms with Crippen LogP contribution in [0.15, 0.2) is 76.8 Å². The fraction of sp³-hybridized carbons (Fsp3) is 0.115. The van der Waals surface area contributed by atoms with Gasteiger partial charge in [0, 0.05) is 10.0 Å². The minimum absolute atomic E-state index is 0.0531. The lowest BCUT2D eigenvalue weighted by Gasteiger charge is -2.23. The summed E-state index contributed by atoms with van der Waals surface area (Å²) in [6, 6.07) is 19.7. The number of carbonyl (C=O) groups excluding carboxylic acids is 2. The standard InChI is InChI=1S/C26H19BrN2O3S/c1-14-6-9-16(10-7-14)23(30)21-22(17-4-3-5-18(27)13-17)29(25(32)24(21)31)26-28-19-11-8-15(2)12-20(19)33-26/h3-13,22,30H,1-2H3/b23-21+/t22-/m1/s1. The van der Waals surface area contributed by atoms with Gasteiger partial charge >= 0.3 is 5.91 Å². The largest absolute Gasteiger partial charge is 0.507 e. The van der Waals surface area contributed by atoms with Crippen LogP contribution in [0.2, 0.25) is 0 Å². The molecule has 1 amide bonds. The smallest absolute Gasteiger partial charge is 0.301 e. The molecule has 0 unspecified atom stereocenters. The van der Waals surface area contributed by atoms with Crippen LogP contribution in [0.3, 0.4) is 0 Å². The van der Waals surface area contributed by atoms with Gasteiger partial charge in [-0.2, -0.15) is 0 Å². The molecule has 0 radical (unpaired) electrons. The highest BCUT2D eigenvalue weighted by atomic mass is 79.9. The summed E-state index contributed by atoms with van der Waals surface area (Å²) in [5.74, 6) is -1.63. The number of ketones is 1. The van der Waals surface area contributed by atoms with Gasteiger partial charge < -0.3 is 5.11 Å². The third-order valence-corrected chi connectivity index (χ3v) is 7.18. The highest BCUT2D eigenvalue weighted by Gasteiger charge is 2.48. The SMILES string of the molecule is Cc1ccc(/C(O)=C2\C(=O)C(=O)N(c3nc4ccc(C)cc4s3)[C@@H]2c2cccc(Br)c2)cc1. The summed E-state index contributed by atoms with van der Waals surface area (Å²) < 4.78 is 1.74. The van der Waals surface area contributed by atoms with Crippen LogP contribution in [0, 0.1) is 13.8 Å². The summed E-state index contributed by atoms with van der Waals surface area (Å²) >= 11 is 4.84. The van der Waals surface area contributed by atoms with Crippen molar-refractivity contribution in [1.82, 2.24) is 4.98 Å². The van der Waals surface area contributed by atoms with E-state index in [2.05, 4.69) is 20.9 Å². The summed E-state index contributed by atoms with van der Waals surface area (Å²) in [5.41, 5.74) is 4.11. The van der Waals surface area contributed by atoms with Gasteiger partial charge in [0.05, 0.1) is 21.8 Å². The predicted octanol–water partition coefficient (Wildman–Crippen LogP) is 6.30. The third kappa shape index (κ3) is 3.77. The molecule has 1 fully saturated rings. The van der Waals surface area contributed by atoms with Gasteiger partial charge in [-0.1, -0.05) is 75.3 Å². The van der Waals surface area contributed by atoms with Gasteiger partial charge in [-0.05, 0) is 49.2 Å². The Bertz CT molecular complexity index is 1460. The number of aliphatic hydroxyl groups is 1. The molecule has 5 nitrogen and oxygen atoms in total. The molecule has 1 aliphatic rings. The van der Waals surface area contributed by atoms with E-state index < -0.39 is 17.7 Å². The Labute approximate surface area is 203 Å². The number of rotatable bonds is 3. The van der Waals surface area contributed by atoms with Gasteiger partial charge in [0.25, 0.3) is 5.78 Å². The quantitative estimate of drug-likeness (QED) is 0.196. The number of fused-ring (bicyclic) bond motifs is 1. The van der Waals surface area contributed by atoms with Crippen molar-refractivity contribution in [3.63, 3.8) is 0 Å². The molecule has 1 saturated heterocycles. The number of thiazole rings is 1. The van der Waals surface area contributed by atoms with E-state index in [1.54, 1.807) is 12.1 Å². The van der Waals surface area contributed by atoms with Crippen LogP contribution in [0.5, 0.6) is 0 Å². The molecule has 1 N–H and O–H groups in total. The van der Waals surface area contributed by atoms with Gasteiger partial charge in [-0.25, -0.2) is 4.98 Å². The van der Waals surface area contributed by atoms with E-state index in [1.165, 1.54) is 16.2 Å². The Balaban J connectivity index is 1.74. The Morgan fingerprint density at radius 1 is 1.00 bits per heavy atom. The fourth-order valence-corrected chi connectivity index (χ4v) is 5.52. The van der Waals surface area contributed by atoms with Crippen molar-refractivity contribution in [3.8, 4) is 0 Å². The predicted molar refractivity (Wildman–Crippen MR) is 134 cm³/mol. The lowest BCUT2D eigenvalue weighted by molar-refractivity contribution is -0.132. The second-order valence-electron chi connectivity index (χ2n) is 8.06. The monoisotopic (exact) mass is 518 g/mol. The van der Waals surface area contributed by atoms with Crippen molar-refractivity contribution >= 4 is 60.1 Å². The number of hydrogen-bond donors (Lipinski definition) is 1. The molecule has 3 aromatic carbocycles.